The second-order valence-electron chi connectivity index (χ2n) is 8.32. The number of pyridine rings is 1. The van der Waals surface area contributed by atoms with E-state index in [0.29, 0.717) is 6.67 Å². The van der Waals surface area contributed by atoms with E-state index in [1.165, 1.54) is 16.9 Å². The first-order chi connectivity index (χ1) is 14.7. The van der Waals surface area contributed by atoms with Crippen molar-refractivity contribution in [2.45, 2.75) is 52.2 Å². The Labute approximate surface area is 178 Å². The van der Waals surface area contributed by atoms with E-state index in [1.54, 1.807) is 24.0 Å². The molecular formula is C22H25FN4O4. The first-order valence-electron chi connectivity index (χ1n) is 10.3. The van der Waals surface area contributed by atoms with Gasteiger partial charge in [0.2, 0.25) is 5.43 Å². The molecule has 3 heterocycles. The number of halogens is 1. The lowest BCUT2D eigenvalue weighted by Crippen LogP contribution is -2.57. The predicted octanol–water partition coefficient (Wildman–Crippen LogP) is 1.85. The summed E-state index contributed by atoms with van der Waals surface area (Å²) in [5.74, 6) is -2.40. The number of carbonyl (C=O) groups is 2. The van der Waals surface area contributed by atoms with Crippen LogP contribution in [-0.4, -0.2) is 45.2 Å². The van der Waals surface area contributed by atoms with Crippen LogP contribution in [0.3, 0.4) is 0 Å². The molecule has 0 unspecified atom stereocenters. The van der Waals surface area contributed by atoms with Gasteiger partial charge in [-0.3, -0.25) is 24.1 Å². The molecule has 1 saturated heterocycles. The highest BCUT2D eigenvalue weighted by Gasteiger charge is 2.39. The SMILES string of the molecule is Cc1ccc(CNC(=O)c2cn3c(c(O)c2=O)C(=O)N2CN3[C@H](C)CC[C@H]2C)c(F)c1. The van der Waals surface area contributed by atoms with Crippen LogP contribution in [0.2, 0.25) is 0 Å². The van der Waals surface area contributed by atoms with Crippen molar-refractivity contribution in [1.29, 1.82) is 0 Å². The summed E-state index contributed by atoms with van der Waals surface area (Å²) in [5.41, 5.74) is -0.340. The van der Waals surface area contributed by atoms with Crippen LogP contribution in [-0.2, 0) is 6.54 Å². The molecule has 2 N–H and O–H groups in total. The lowest BCUT2D eigenvalue weighted by molar-refractivity contribution is 0.0627. The summed E-state index contributed by atoms with van der Waals surface area (Å²) in [6.45, 7) is 5.87. The number of amides is 2. The highest BCUT2D eigenvalue weighted by Crippen LogP contribution is 2.28. The molecule has 0 saturated carbocycles. The minimum absolute atomic E-state index is 0.0266. The average Bonchev–Trinajstić information content (AvgIpc) is 2.85. The van der Waals surface area contributed by atoms with Crippen molar-refractivity contribution in [1.82, 2.24) is 14.9 Å². The number of fused-ring (bicyclic) bond motifs is 4. The molecule has 1 aromatic heterocycles. The Morgan fingerprint density at radius 3 is 2.65 bits per heavy atom. The summed E-state index contributed by atoms with van der Waals surface area (Å²) in [6.07, 6.45) is 2.89. The standard InChI is InChI=1S/C22H25FN4O4/c1-12-4-7-15(17(23)8-12)9-24-21(30)16-10-26-18(20(29)19(16)28)22(31)25-11-27(26)14(3)6-5-13(25)2/h4,7-8,10,13-14,29H,5-6,9,11H2,1-3H3,(H,24,30)/t13-,14-/m1/s1. The molecule has 1 fully saturated rings. The monoisotopic (exact) mass is 428 g/mol. The van der Waals surface area contributed by atoms with Crippen molar-refractivity contribution in [2.24, 2.45) is 0 Å². The predicted molar refractivity (Wildman–Crippen MR) is 112 cm³/mol. The van der Waals surface area contributed by atoms with Crippen LogP contribution >= 0.6 is 0 Å². The van der Waals surface area contributed by atoms with Crippen LogP contribution in [0, 0.1) is 12.7 Å². The van der Waals surface area contributed by atoms with Crippen LogP contribution in [0.1, 0.15) is 58.7 Å². The zero-order valence-corrected chi connectivity index (χ0v) is 17.7. The van der Waals surface area contributed by atoms with Crippen LogP contribution in [0.15, 0.2) is 29.2 Å². The lowest BCUT2D eigenvalue weighted by Gasteiger charge is -2.41. The number of carbonyl (C=O) groups excluding carboxylic acids is 2. The lowest BCUT2D eigenvalue weighted by atomic mass is 10.1. The second-order valence-corrected chi connectivity index (χ2v) is 8.32. The van der Waals surface area contributed by atoms with Gasteiger partial charge in [0.05, 0.1) is 0 Å². The summed E-state index contributed by atoms with van der Waals surface area (Å²) >= 11 is 0. The normalized spacial score (nSPS) is 20.3. The van der Waals surface area contributed by atoms with Crippen LogP contribution in [0.4, 0.5) is 4.39 Å². The fourth-order valence-electron chi connectivity index (χ4n) is 4.12. The van der Waals surface area contributed by atoms with Gasteiger partial charge >= 0.3 is 0 Å². The molecule has 0 radical (unpaired) electrons. The van der Waals surface area contributed by atoms with Crippen LogP contribution in [0.5, 0.6) is 5.75 Å². The molecule has 2 aliphatic rings. The molecule has 4 rings (SSSR count). The summed E-state index contributed by atoms with van der Waals surface area (Å²) in [5, 5.41) is 15.0. The highest BCUT2D eigenvalue weighted by molar-refractivity contribution is 5.99. The maximum atomic E-state index is 14.1. The van der Waals surface area contributed by atoms with Gasteiger partial charge in [-0.15, -0.1) is 0 Å². The third kappa shape index (κ3) is 3.54. The van der Waals surface area contributed by atoms with E-state index in [1.807, 2.05) is 18.9 Å². The molecule has 164 valence electrons. The average molecular weight is 428 g/mol. The van der Waals surface area contributed by atoms with Gasteiger partial charge < -0.3 is 15.3 Å². The van der Waals surface area contributed by atoms with Gasteiger partial charge in [0.1, 0.15) is 18.0 Å². The molecule has 9 heteroatoms. The molecule has 2 bridgehead atoms. The minimum atomic E-state index is -0.928. The Kier molecular flexibility index (Phi) is 5.20. The number of nitrogens with zero attached hydrogens (tertiary/aromatic N) is 3. The number of aryl methyl sites for hydroxylation is 1. The molecule has 2 atom stereocenters. The topological polar surface area (TPSA) is 94.9 Å². The second kappa shape index (κ2) is 7.72. The van der Waals surface area contributed by atoms with Gasteiger partial charge in [0.15, 0.2) is 11.4 Å². The number of hydrogen-bond acceptors (Lipinski definition) is 5. The van der Waals surface area contributed by atoms with E-state index < -0.39 is 28.8 Å². The quantitative estimate of drug-likeness (QED) is 0.778. The van der Waals surface area contributed by atoms with Gasteiger partial charge in [-0.1, -0.05) is 12.1 Å². The largest absolute Gasteiger partial charge is 0.502 e. The molecule has 2 aromatic rings. The summed E-state index contributed by atoms with van der Waals surface area (Å²) in [7, 11) is 0. The molecule has 8 nitrogen and oxygen atoms in total. The zero-order chi connectivity index (χ0) is 22.4. The molecule has 0 spiro atoms. The third-order valence-electron chi connectivity index (χ3n) is 6.14. The Hall–Kier alpha value is -3.36. The molecule has 0 aliphatic carbocycles. The van der Waals surface area contributed by atoms with Crippen molar-refractivity contribution in [3.05, 3.63) is 62.8 Å². The van der Waals surface area contributed by atoms with E-state index in [-0.39, 0.29) is 35.4 Å². The smallest absolute Gasteiger partial charge is 0.278 e. The van der Waals surface area contributed by atoms with Crippen molar-refractivity contribution in [3.8, 4) is 5.75 Å². The molecular weight excluding hydrogens is 403 g/mol. The maximum absolute atomic E-state index is 14.1. The van der Waals surface area contributed by atoms with Gasteiger partial charge in [0.25, 0.3) is 11.8 Å². The van der Waals surface area contributed by atoms with E-state index >= 15 is 0 Å². The highest BCUT2D eigenvalue weighted by atomic mass is 19.1. The van der Waals surface area contributed by atoms with Crippen LogP contribution < -0.4 is 15.8 Å². The van der Waals surface area contributed by atoms with E-state index in [9.17, 15) is 23.9 Å². The number of hydrogen-bond donors (Lipinski definition) is 2. The maximum Gasteiger partial charge on any atom is 0.278 e. The van der Waals surface area contributed by atoms with Gasteiger partial charge in [0, 0.05) is 30.4 Å². The number of benzene rings is 1. The summed E-state index contributed by atoms with van der Waals surface area (Å²) < 4.78 is 15.5. The van der Waals surface area contributed by atoms with Gasteiger partial charge in [-0.05, 0) is 45.2 Å². The summed E-state index contributed by atoms with van der Waals surface area (Å²) in [4.78, 5) is 40.1. The van der Waals surface area contributed by atoms with E-state index in [2.05, 4.69) is 5.32 Å². The van der Waals surface area contributed by atoms with E-state index in [0.717, 1.165) is 18.4 Å². The Morgan fingerprint density at radius 2 is 1.94 bits per heavy atom. The van der Waals surface area contributed by atoms with Gasteiger partial charge in [-0.25, -0.2) is 4.39 Å². The molecule has 2 aliphatic heterocycles. The number of nitrogens with one attached hydrogen (secondary N) is 1. The van der Waals surface area contributed by atoms with Crippen molar-refractivity contribution < 1.29 is 19.1 Å². The fourth-order valence-corrected chi connectivity index (χ4v) is 4.12. The van der Waals surface area contributed by atoms with Crippen molar-refractivity contribution >= 4 is 11.8 Å². The van der Waals surface area contributed by atoms with E-state index in [4.69, 9.17) is 0 Å². The van der Waals surface area contributed by atoms with Crippen LogP contribution in [0.25, 0.3) is 0 Å². The third-order valence-corrected chi connectivity index (χ3v) is 6.14. The first-order valence-corrected chi connectivity index (χ1v) is 10.3. The van der Waals surface area contributed by atoms with Crippen molar-refractivity contribution in [2.75, 3.05) is 11.7 Å². The molecule has 31 heavy (non-hydrogen) atoms. The Morgan fingerprint density at radius 1 is 1.23 bits per heavy atom. The molecule has 1 aromatic carbocycles. The minimum Gasteiger partial charge on any atom is -0.502 e. The fraction of sp³-hybridized carbons (Fsp3) is 0.409. The zero-order valence-electron chi connectivity index (χ0n) is 17.7. The number of aromatic nitrogens is 1. The van der Waals surface area contributed by atoms with Gasteiger partial charge in [-0.2, -0.15) is 0 Å². The first kappa shape index (κ1) is 20.9. The molecule has 2 amide bonds. The number of aromatic hydroxyl groups is 1. The number of rotatable bonds is 3. The Balaban J connectivity index is 1.69. The Bertz CT molecular complexity index is 1130. The summed E-state index contributed by atoms with van der Waals surface area (Å²) in [6, 6.07) is 4.65. The van der Waals surface area contributed by atoms with Crippen molar-refractivity contribution in [3.63, 3.8) is 0 Å².